The monoisotopic (exact) mass is 1780 g/mol. The quantitative estimate of drug-likeness (QED) is 0.0210. The van der Waals surface area contributed by atoms with Gasteiger partial charge in [0.05, 0.1) is 74.3 Å². The van der Waals surface area contributed by atoms with E-state index in [1.54, 1.807) is 0 Å². The Balaban J connectivity index is 0.878. The fourth-order valence-electron chi connectivity index (χ4n) is 8.94. The van der Waals surface area contributed by atoms with E-state index in [0.717, 1.165) is 97.1 Å². The summed E-state index contributed by atoms with van der Waals surface area (Å²) in [5, 5.41) is 17.1. The Morgan fingerprint density at radius 1 is 0.366 bits per heavy atom. The van der Waals surface area contributed by atoms with E-state index in [1.165, 1.54) is 24.3 Å². The number of nitrogens with zero attached hydrogens (tertiary/aromatic N) is 13. The van der Waals surface area contributed by atoms with Crippen LogP contribution in [0.2, 0.25) is 21.1 Å². The van der Waals surface area contributed by atoms with E-state index in [0.29, 0.717) is 0 Å². The highest BCUT2D eigenvalue weighted by Gasteiger charge is 2.24. The second kappa shape index (κ2) is 33.4. The fraction of sp³-hybridized carbons (Fsp3) is 0.0755. The van der Waals surface area contributed by atoms with E-state index in [-0.39, 0.29) is 60.7 Å². The number of halogens is 4. The standard InChI is InChI=1S/C53H44Cl4N22O25S8/c54-41-68-45(58-25-1-9-31(10-2-25)105(81,82)19-17-103-111(97,98)99)76-51(74-41)66-35-21-27(7-15-37(35)107(85,86)87)60-47-70-43(56)72-49(78-47)64-33-13-5-29(23-39(33)109(91,92)93)62-53(80)63-30-6-14-34(40(24-30)110(94,95)96)65-50-73-44(57)71-48(79-50)61-28-8-16-38(108(88,89)90)36(22-28)67-52-75-42(55)69-46(77-52)59-26-3-11-32(12-4-26)106(83,84)20-18-104-112(100,101)102/h1-16,21-24H,17-20H2,(H2,62,63,80)(H,85,86,87)(H,88,89,90)(H,91,92,93)(H,94,95,96)(H,97,98,99)(H,100,101,102)(H2,58,66,68,74,76)(H2,59,67,69,75,77)(H2,60,64,70,72,78)(H2,61,65,71,73,79). The van der Waals surface area contributed by atoms with Crippen LogP contribution in [0.5, 0.6) is 0 Å². The molecule has 0 atom stereocenters. The average Bonchev–Trinajstić information content (AvgIpc) is 0.806. The third-order valence-corrected chi connectivity index (χ3v) is 22.1. The van der Waals surface area contributed by atoms with Crippen LogP contribution in [0.15, 0.2) is 186 Å². The number of H-pyrrole nitrogens is 6. The molecule has 0 amide bonds. The Labute approximate surface area is 646 Å². The van der Waals surface area contributed by atoms with Gasteiger partial charge < -0.3 is 31.0 Å². The van der Waals surface area contributed by atoms with Crippen molar-refractivity contribution in [1.82, 2.24) is 59.8 Å². The number of hydrogen-bond acceptors (Lipinski definition) is 33. The van der Waals surface area contributed by atoms with Gasteiger partial charge in [-0.15, -0.1) is 0 Å². The normalized spacial score (nSPS) is 13.9. The van der Waals surface area contributed by atoms with Gasteiger partial charge in [-0.3, -0.25) is 47.3 Å². The number of nitrogens with one attached hydrogen (secondary N) is 9. The smallest absolute Gasteiger partial charge is 0.397 e. The summed E-state index contributed by atoms with van der Waals surface area (Å²) in [5.74, 6) is -2.22. The van der Waals surface area contributed by atoms with Crippen molar-refractivity contribution < 1.29 is 108 Å². The van der Waals surface area contributed by atoms with Crippen LogP contribution in [0.1, 0.15) is 0 Å². The minimum atomic E-state index is -5.24. The molecule has 4 aromatic heterocycles. The first-order valence-corrected chi connectivity index (χ1v) is 42.7. The molecule has 0 saturated heterocycles. The number of sulfone groups is 2. The molecule has 10 aromatic rings. The first-order chi connectivity index (χ1) is 52.1. The number of amidine groups is 1. The zero-order chi connectivity index (χ0) is 81.7. The average molecular weight is 1790 g/mol. The Bertz CT molecular complexity index is 6940. The molecule has 10 rings (SSSR count). The van der Waals surface area contributed by atoms with E-state index in [4.69, 9.17) is 55.5 Å². The molecule has 0 saturated carbocycles. The molecule has 0 aliphatic heterocycles. The van der Waals surface area contributed by atoms with Gasteiger partial charge >= 0.3 is 20.8 Å². The molecular formula is C53H44Cl4N22O25S8. The predicted molar refractivity (Wildman–Crippen MR) is 387 cm³/mol. The van der Waals surface area contributed by atoms with Crippen LogP contribution in [-0.2, 0) is 89.3 Å². The number of rotatable bonds is 26. The van der Waals surface area contributed by atoms with Gasteiger partial charge in [0.2, 0.25) is 66.7 Å². The van der Waals surface area contributed by atoms with Crippen molar-refractivity contribution in [3.63, 3.8) is 0 Å². The predicted octanol–water partition coefficient (Wildman–Crippen LogP) is 3.35. The number of aliphatic hydroxyl groups excluding tert-OH is 1. The van der Waals surface area contributed by atoms with Gasteiger partial charge in [-0.2, -0.15) is 85.4 Å². The topological polar surface area (TPSA) is 728 Å². The third kappa shape index (κ3) is 23.8. The van der Waals surface area contributed by atoms with Crippen molar-refractivity contribution in [3.8, 4) is 0 Å². The van der Waals surface area contributed by atoms with Crippen LogP contribution < -0.4 is 49.7 Å². The first-order valence-electron chi connectivity index (χ1n) is 29.4. The van der Waals surface area contributed by atoms with Gasteiger partial charge in [0.15, 0.2) is 19.7 Å². The number of hydrogen-bond donors (Lipinski definition) is 16. The molecule has 6 aromatic carbocycles. The summed E-state index contributed by atoms with van der Waals surface area (Å²) < 4.78 is 262. The lowest BCUT2D eigenvalue weighted by Gasteiger charge is -2.09. The maximum absolute atomic E-state index is 12.8. The van der Waals surface area contributed by atoms with Gasteiger partial charge in [0.25, 0.3) is 46.5 Å². The molecule has 59 heteroatoms. The summed E-state index contributed by atoms with van der Waals surface area (Å²) in [7, 11) is -38.6. The van der Waals surface area contributed by atoms with E-state index in [1.807, 2.05) is 0 Å². The maximum Gasteiger partial charge on any atom is 0.397 e. The van der Waals surface area contributed by atoms with Crippen LogP contribution in [0, 0.1) is 0 Å². The van der Waals surface area contributed by atoms with Crippen LogP contribution in [-0.4, -0.2) is 190 Å². The zero-order valence-electron chi connectivity index (χ0n) is 54.4. The minimum absolute atomic E-state index is 0.157. The lowest BCUT2D eigenvalue weighted by molar-refractivity contribution is 0.282. The largest absolute Gasteiger partial charge is 0.480 e. The van der Waals surface area contributed by atoms with E-state index in [2.05, 4.69) is 119 Å². The number of aliphatic hydroxyl groups is 1. The van der Waals surface area contributed by atoms with Crippen LogP contribution in [0.25, 0.3) is 0 Å². The molecule has 0 fully saturated rings. The molecule has 0 radical (unpaired) electrons. The molecule has 16 N–H and O–H groups in total. The second-order valence-electron chi connectivity index (χ2n) is 21.4. The third-order valence-electron chi connectivity index (χ3n) is 13.5. The van der Waals surface area contributed by atoms with Crippen molar-refractivity contribution in [1.29, 1.82) is 0 Å². The molecule has 0 spiro atoms. The van der Waals surface area contributed by atoms with Gasteiger partial charge in [-0.05, 0) is 168 Å². The summed E-state index contributed by atoms with van der Waals surface area (Å²) in [6, 6.07) is 20.2. The molecule has 112 heavy (non-hydrogen) atoms. The summed E-state index contributed by atoms with van der Waals surface area (Å²) in [4.78, 5) is 64.3. The number of benzene rings is 6. The summed E-state index contributed by atoms with van der Waals surface area (Å²) in [6.45, 7) is -1.76. The first kappa shape index (κ1) is 83.9. The van der Waals surface area contributed by atoms with Crippen molar-refractivity contribution in [2.75, 3.05) is 40.7 Å². The number of anilines is 5. The Hall–Kier alpha value is -10.5. The second-order valence-corrected chi connectivity index (χ2v) is 34.8. The fourth-order valence-corrected chi connectivity index (χ4v) is 15.1. The SMILES string of the molecule is O=S(=O)(O)OCCS(=O)(=O)c1ccc(Nc2nc(Cl)[nH]c(=Nc3cc(N=c4nc(Cl)[nH]c(=Nc5ccc(N=C(O)Nc6ccc(N=c7[nH]c(Cl)nc(=Nc8ccc(S(=O)(=O)O)c(N=c9nc(Nc%10ccc(S(=O)(=O)CCOS(=O)(=O)O)cc%10)nc(Cl)[nH]9)c8)[nH]7)c(S(=O)(=O)O)c6)cc5S(=O)(=O)O)[nH]4)ccc3S(=O)(=O)O)n2)cc1. The van der Waals surface area contributed by atoms with Gasteiger partial charge in [0, 0.05) is 17.1 Å². The Kier molecular flexibility index (Phi) is 25.0. The number of aromatic amines is 6. The van der Waals surface area contributed by atoms with Crippen LogP contribution in [0.3, 0.4) is 0 Å². The lowest BCUT2D eigenvalue weighted by Crippen LogP contribution is -2.26. The number of aliphatic imine (C=N–C) groups is 1. The Morgan fingerprint density at radius 3 is 1.12 bits per heavy atom. The van der Waals surface area contributed by atoms with E-state index < -0.39 is 204 Å². The van der Waals surface area contributed by atoms with Crippen LogP contribution >= 0.6 is 46.4 Å². The van der Waals surface area contributed by atoms with E-state index >= 15 is 0 Å². The highest BCUT2D eigenvalue weighted by Crippen LogP contribution is 2.33. The van der Waals surface area contributed by atoms with Crippen molar-refractivity contribution in [3.05, 3.63) is 176 Å². The van der Waals surface area contributed by atoms with E-state index in [9.17, 15) is 90.7 Å². The molecule has 47 nitrogen and oxygen atoms in total. The minimum Gasteiger partial charge on any atom is -0.480 e. The van der Waals surface area contributed by atoms with Crippen molar-refractivity contribution >= 4 is 202 Å². The summed E-state index contributed by atoms with van der Waals surface area (Å²) >= 11 is 24.9. The molecule has 0 unspecified atom stereocenters. The summed E-state index contributed by atoms with van der Waals surface area (Å²) in [6.07, 6.45) is 0. The summed E-state index contributed by atoms with van der Waals surface area (Å²) in [5.41, 5.74) is -5.32. The highest BCUT2D eigenvalue weighted by atomic mass is 35.5. The van der Waals surface area contributed by atoms with Gasteiger partial charge in [-0.25, -0.2) is 55.2 Å². The van der Waals surface area contributed by atoms with Crippen LogP contribution in [0.4, 0.5) is 68.8 Å². The molecule has 0 bridgehead atoms. The molecule has 0 aliphatic rings. The Morgan fingerprint density at radius 2 is 0.723 bits per heavy atom. The molecule has 0 aliphatic carbocycles. The van der Waals surface area contributed by atoms with Crippen molar-refractivity contribution in [2.24, 2.45) is 34.9 Å². The van der Waals surface area contributed by atoms with Crippen molar-refractivity contribution in [2.45, 2.75) is 29.4 Å². The van der Waals surface area contributed by atoms with Gasteiger partial charge in [-0.1, -0.05) is 0 Å². The number of aromatic nitrogens is 12. The van der Waals surface area contributed by atoms with Gasteiger partial charge in [0.1, 0.15) is 19.6 Å². The molecule has 4 heterocycles. The zero-order valence-corrected chi connectivity index (χ0v) is 64.0. The molecule has 592 valence electrons. The lowest BCUT2D eigenvalue weighted by atomic mass is 10.3. The highest BCUT2D eigenvalue weighted by molar-refractivity contribution is 7.92. The molecular weight excluding hydrogens is 1740 g/mol. The maximum atomic E-state index is 12.8.